The summed E-state index contributed by atoms with van der Waals surface area (Å²) in [5, 5.41) is 5.61. The van der Waals surface area contributed by atoms with Crippen LogP contribution >= 0.6 is 0 Å². The van der Waals surface area contributed by atoms with Crippen molar-refractivity contribution in [2.45, 2.75) is 19.3 Å². The highest BCUT2D eigenvalue weighted by Crippen LogP contribution is 2.16. The topological polar surface area (TPSA) is 61.4 Å². The van der Waals surface area contributed by atoms with E-state index in [-0.39, 0.29) is 11.9 Å². The van der Waals surface area contributed by atoms with Gasteiger partial charge in [-0.3, -0.25) is 9.69 Å². The highest BCUT2D eigenvalue weighted by Gasteiger charge is 2.20. The predicted molar refractivity (Wildman–Crippen MR) is 106 cm³/mol. The first-order valence-electron chi connectivity index (χ1n) is 9.17. The Hall–Kier alpha value is -3.26. The van der Waals surface area contributed by atoms with E-state index in [0.717, 1.165) is 24.1 Å². The number of carbonyl (C=O) groups excluding carboxylic acids is 2. The van der Waals surface area contributed by atoms with Crippen molar-refractivity contribution >= 4 is 17.6 Å². The number of nitrogens with one attached hydrogen (secondary N) is 2. The fourth-order valence-electron chi connectivity index (χ4n) is 2.92. The number of carbonyl (C=O) groups is 2. The number of urea groups is 1. The van der Waals surface area contributed by atoms with Crippen LogP contribution in [0.2, 0.25) is 0 Å². The van der Waals surface area contributed by atoms with Crippen LogP contribution in [0.1, 0.15) is 24.0 Å². The van der Waals surface area contributed by atoms with Gasteiger partial charge in [0.05, 0.1) is 6.54 Å². The van der Waals surface area contributed by atoms with E-state index in [0.29, 0.717) is 26.1 Å². The lowest BCUT2D eigenvalue weighted by Crippen LogP contribution is -2.27. The third kappa shape index (κ3) is 5.61. The van der Waals surface area contributed by atoms with E-state index in [2.05, 4.69) is 34.6 Å². The SMILES string of the molecule is O=C(CCCc1ccccc1)NCC#Cc1ccc(N2CCNC2=O)cc1. The molecule has 0 bridgehead atoms. The summed E-state index contributed by atoms with van der Waals surface area (Å²) in [7, 11) is 0. The molecule has 0 unspecified atom stereocenters. The number of hydrogen-bond donors (Lipinski definition) is 2. The van der Waals surface area contributed by atoms with Gasteiger partial charge in [-0.25, -0.2) is 4.79 Å². The summed E-state index contributed by atoms with van der Waals surface area (Å²) < 4.78 is 0. The Morgan fingerprint density at radius 3 is 2.59 bits per heavy atom. The maximum atomic E-state index is 11.8. The van der Waals surface area contributed by atoms with Crippen LogP contribution in [0.3, 0.4) is 0 Å². The average Bonchev–Trinajstić information content (AvgIpc) is 3.12. The number of nitrogens with zero attached hydrogens (tertiary/aromatic N) is 1. The molecule has 2 aromatic rings. The average molecular weight is 361 g/mol. The molecule has 1 aliphatic rings. The van der Waals surface area contributed by atoms with Crippen molar-refractivity contribution in [1.29, 1.82) is 0 Å². The van der Waals surface area contributed by atoms with Crippen LogP contribution in [0.15, 0.2) is 54.6 Å². The second-order valence-electron chi connectivity index (χ2n) is 6.35. The van der Waals surface area contributed by atoms with Crippen LogP contribution < -0.4 is 15.5 Å². The van der Waals surface area contributed by atoms with Crippen molar-refractivity contribution in [2.75, 3.05) is 24.5 Å². The maximum absolute atomic E-state index is 11.8. The minimum atomic E-state index is -0.0659. The molecule has 5 heteroatoms. The monoisotopic (exact) mass is 361 g/mol. The lowest BCUT2D eigenvalue weighted by Gasteiger charge is -2.13. The molecule has 0 atom stereocenters. The molecule has 3 rings (SSSR count). The number of amides is 3. The third-order valence-electron chi connectivity index (χ3n) is 4.35. The molecule has 27 heavy (non-hydrogen) atoms. The zero-order chi connectivity index (χ0) is 18.9. The van der Waals surface area contributed by atoms with E-state index in [4.69, 9.17) is 0 Å². The van der Waals surface area contributed by atoms with E-state index in [1.807, 2.05) is 42.5 Å². The predicted octanol–water partition coefficient (Wildman–Crippen LogP) is 2.71. The molecule has 1 aliphatic heterocycles. The molecular weight excluding hydrogens is 338 g/mol. The smallest absolute Gasteiger partial charge is 0.321 e. The Morgan fingerprint density at radius 1 is 1.11 bits per heavy atom. The van der Waals surface area contributed by atoms with E-state index < -0.39 is 0 Å². The number of hydrogen-bond acceptors (Lipinski definition) is 2. The Bertz CT molecular complexity index is 835. The van der Waals surface area contributed by atoms with Crippen molar-refractivity contribution in [2.24, 2.45) is 0 Å². The molecular formula is C22H23N3O2. The number of aryl methyl sites for hydroxylation is 1. The van der Waals surface area contributed by atoms with Crippen molar-refractivity contribution < 1.29 is 9.59 Å². The van der Waals surface area contributed by atoms with Gasteiger partial charge < -0.3 is 10.6 Å². The highest BCUT2D eigenvalue weighted by molar-refractivity contribution is 5.94. The van der Waals surface area contributed by atoms with Crippen LogP contribution in [-0.4, -0.2) is 31.6 Å². The van der Waals surface area contributed by atoms with Crippen LogP contribution in [0.25, 0.3) is 0 Å². The molecule has 5 nitrogen and oxygen atoms in total. The summed E-state index contributed by atoms with van der Waals surface area (Å²) in [5.41, 5.74) is 2.97. The number of anilines is 1. The van der Waals surface area contributed by atoms with Crippen LogP contribution in [0.5, 0.6) is 0 Å². The summed E-state index contributed by atoms with van der Waals surface area (Å²) in [5.74, 6) is 6.01. The van der Waals surface area contributed by atoms with E-state index in [1.54, 1.807) is 4.90 Å². The van der Waals surface area contributed by atoms with Crippen LogP contribution in [0, 0.1) is 11.8 Å². The van der Waals surface area contributed by atoms with Gasteiger partial charge in [0.1, 0.15) is 0 Å². The zero-order valence-electron chi connectivity index (χ0n) is 15.2. The highest BCUT2D eigenvalue weighted by atomic mass is 16.2. The largest absolute Gasteiger partial charge is 0.345 e. The molecule has 0 spiro atoms. The fourth-order valence-corrected chi connectivity index (χ4v) is 2.92. The maximum Gasteiger partial charge on any atom is 0.321 e. The Morgan fingerprint density at radius 2 is 1.89 bits per heavy atom. The molecule has 0 aliphatic carbocycles. The quantitative estimate of drug-likeness (QED) is 0.777. The molecule has 2 N–H and O–H groups in total. The molecule has 0 saturated carbocycles. The lowest BCUT2D eigenvalue weighted by molar-refractivity contribution is -0.120. The van der Waals surface area contributed by atoms with Crippen molar-refractivity contribution in [3.05, 3.63) is 65.7 Å². The van der Waals surface area contributed by atoms with Gasteiger partial charge in [0.2, 0.25) is 5.91 Å². The van der Waals surface area contributed by atoms with Gasteiger partial charge in [0.15, 0.2) is 0 Å². The van der Waals surface area contributed by atoms with Crippen molar-refractivity contribution in [1.82, 2.24) is 10.6 Å². The molecule has 2 aromatic carbocycles. The molecule has 1 saturated heterocycles. The normalized spacial score (nSPS) is 12.9. The molecule has 1 heterocycles. The van der Waals surface area contributed by atoms with Gasteiger partial charge >= 0.3 is 6.03 Å². The van der Waals surface area contributed by atoms with Gasteiger partial charge in [-0.1, -0.05) is 42.2 Å². The third-order valence-corrected chi connectivity index (χ3v) is 4.35. The summed E-state index contributed by atoms with van der Waals surface area (Å²) >= 11 is 0. The minimum absolute atomic E-state index is 0.0237. The van der Waals surface area contributed by atoms with Crippen LogP contribution in [0.4, 0.5) is 10.5 Å². The molecule has 138 valence electrons. The number of benzene rings is 2. The van der Waals surface area contributed by atoms with E-state index in [9.17, 15) is 9.59 Å². The summed E-state index contributed by atoms with van der Waals surface area (Å²) in [6.07, 6.45) is 2.24. The summed E-state index contributed by atoms with van der Waals surface area (Å²) in [6, 6.07) is 17.6. The number of rotatable bonds is 6. The zero-order valence-corrected chi connectivity index (χ0v) is 15.2. The second kappa shape index (κ2) is 9.44. The van der Waals surface area contributed by atoms with Crippen molar-refractivity contribution in [3.63, 3.8) is 0 Å². The Kier molecular flexibility index (Phi) is 6.48. The first-order chi connectivity index (χ1) is 13.2. The molecule has 0 aromatic heterocycles. The van der Waals surface area contributed by atoms with Crippen LogP contribution in [-0.2, 0) is 11.2 Å². The summed E-state index contributed by atoms with van der Waals surface area (Å²) in [6.45, 7) is 1.69. The Labute approximate surface area is 159 Å². The first kappa shape index (κ1) is 18.5. The fraction of sp³-hybridized carbons (Fsp3) is 0.273. The molecule has 3 amide bonds. The van der Waals surface area contributed by atoms with Gasteiger partial charge in [0.25, 0.3) is 0 Å². The molecule has 1 fully saturated rings. The van der Waals surface area contributed by atoms with Gasteiger partial charge in [-0.2, -0.15) is 0 Å². The standard InChI is InChI=1S/C22H23N3O2/c26-21(10-4-8-18-6-2-1-3-7-18)23-15-5-9-19-11-13-20(14-12-19)25-17-16-24-22(25)27/h1-3,6-7,11-14H,4,8,10,15-17H2,(H,23,26)(H,24,27). The van der Waals surface area contributed by atoms with E-state index in [1.165, 1.54) is 5.56 Å². The lowest BCUT2D eigenvalue weighted by atomic mass is 10.1. The minimum Gasteiger partial charge on any atom is -0.345 e. The Balaban J connectivity index is 1.38. The van der Waals surface area contributed by atoms with Gasteiger partial charge in [-0.05, 0) is 42.7 Å². The molecule has 0 radical (unpaired) electrons. The van der Waals surface area contributed by atoms with Gasteiger partial charge in [-0.15, -0.1) is 0 Å². The second-order valence-corrected chi connectivity index (χ2v) is 6.35. The summed E-state index contributed by atoms with van der Waals surface area (Å²) in [4.78, 5) is 25.2. The van der Waals surface area contributed by atoms with E-state index >= 15 is 0 Å². The van der Waals surface area contributed by atoms with Crippen molar-refractivity contribution in [3.8, 4) is 11.8 Å². The van der Waals surface area contributed by atoms with Gasteiger partial charge in [0, 0.05) is 30.8 Å². The first-order valence-corrected chi connectivity index (χ1v) is 9.17.